The number of nitro benzene ring substituents is 1. The van der Waals surface area contributed by atoms with Crippen LogP contribution in [0.15, 0.2) is 27.8 Å². The van der Waals surface area contributed by atoms with Crippen molar-refractivity contribution in [3.05, 3.63) is 66.0 Å². The number of nitrogens with zero attached hydrogens (tertiary/aromatic N) is 2. The molecule has 0 amide bonds. The molecule has 3 rings (SSSR count). The highest BCUT2D eigenvalue weighted by atomic mass is 16.6. The van der Waals surface area contributed by atoms with Crippen molar-refractivity contribution >= 4 is 11.7 Å². The SMILES string of the molecule is CCOC(=O)c1cc(-n2c(=O)[nH]c3c(c2=O)CCC3)ccc1[N+](=O)[O-]. The molecule has 0 fully saturated rings. The summed E-state index contributed by atoms with van der Waals surface area (Å²) < 4.78 is 5.71. The van der Waals surface area contributed by atoms with Gasteiger partial charge in [-0.1, -0.05) is 0 Å². The number of esters is 1. The molecule has 9 heteroatoms. The average molecular weight is 345 g/mol. The van der Waals surface area contributed by atoms with Crippen LogP contribution >= 0.6 is 0 Å². The fraction of sp³-hybridized carbons (Fsp3) is 0.312. The Morgan fingerprint density at radius 2 is 2.12 bits per heavy atom. The summed E-state index contributed by atoms with van der Waals surface area (Å²) in [7, 11) is 0. The number of aromatic nitrogens is 2. The third-order valence-electron chi connectivity index (χ3n) is 4.07. The number of carbonyl (C=O) groups is 1. The van der Waals surface area contributed by atoms with Crippen LogP contribution < -0.4 is 11.2 Å². The van der Waals surface area contributed by atoms with E-state index in [1.54, 1.807) is 6.92 Å². The lowest BCUT2D eigenvalue weighted by Gasteiger charge is -2.09. The number of hydrogen-bond acceptors (Lipinski definition) is 6. The molecule has 0 atom stereocenters. The number of carbonyl (C=O) groups excluding carboxylic acids is 1. The van der Waals surface area contributed by atoms with Gasteiger partial charge in [-0.3, -0.25) is 14.9 Å². The molecule has 2 aromatic rings. The third kappa shape index (κ3) is 2.84. The van der Waals surface area contributed by atoms with Crippen molar-refractivity contribution in [2.75, 3.05) is 6.61 Å². The summed E-state index contributed by atoms with van der Waals surface area (Å²) in [6.07, 6.45) is 1.97. The Bertz CT molecular complexity index is 988. The van der Waals surface area contributed by atoms with Gasteiger partial charge in [0, 0.05) is 17.3 Å². The maximum Gasteiger partial charge on any atom is 0.345 e. The Labute approximate surface area is 141 Å². The molecule has 130 valence electrons. The van der Waals surface area contributed by atoms with Gasteiger partial charge in [-0.2, -0.15) is 0 Å². The van der Waals surface area contributed by atoms with Crippen LogP contribution in [0.25, 0.3) is 5.69 Å². The van der Waals surface area contributed by atoms with E-state index in [1.807, 2.05) is 0 Å². The van der Waals surface area contributed by atoms with E-state index in [-0.39, 0.29) is 17.9 Å². The van der Waals surface area contributed by atoms with Gasteiger partial charge in [0.1, 0.15) is 5.56 Å². The maximum absolute atomic E-state index is 12.6. The summed E-state index contributed by atoms with van der Waals surface area (Å²) in [4.78, 5) is 50.0. The van der Waals surface area contributed by atoms with Crippen molar-refractivity contribution in [2.24, 2.45) is 0 Å². The van der Waals surface area contributed by atoms with Gasteiger partial charge in [0.05, 0.1) is 17.2 Å². The molecule has 0 unspecified atom stereocenters. The molecule has 0 spiro atoms. The lowest BCUT2D eigenvalue weighted by molar-refractivity contribution is -0.385. The number of aryl methyl sites for hydroxylation is 1. The molecule has 1 aromatic heterocycles. The van der Waals surface area contributed by atoms with Crippen molar-refractivity contribution in [1.29, 1.82) is 0 Å². The summed E-state index contributed by atoms with van der Waals surface area (Å²) in [5, 5.41) is 11.1. The minimum Gasteiger partial charge on any atom is -0.462 e. The Kier molecular flexibility index (Phi) is 4.22. The normalized spacial score (nSPS) is 12.7. The standard InChI is InChI=1S/C16H15N3O6/c1-2-25-15(21)11-8-9(6-7-13(11)19(23)24)18-14(20)10-4-3-5-12(10)17-16(18)22/h6-8H,2-5H2,1H3,(H,17,22). The zero-order chi connectivity index (χ0) is 18.1. The Hall–Kier alpha value is -3.23. The van der Waals surface area contributed by atoms with E-state index in [1.165, 1.54) is 6.07 Å². The molecule has 0 bridgehead atoms. The number of nitrogens with one attached hydrogen (secondary N) is 1. The van der Waals surface area contributed by atoms with Crippen molar-refractivity contribution < 1.29 is 14.5 Å². The lowest BCUT2D eigenvalue weighted by Crippen LogP contribution is -2.36. The van der Waals surface area contributed by atoms with Crippen LogP contribution in [-0.2, 0) is 17.6 Å². The number of benzene rings is 1. The number of rotatable bonds is 4. The number of hydrogen-bond donors (Lipinski definition) is 1. The fourth-order valence-electron chi connectivity index (χ4n) is 2.96. The highest BCUT2D eigenvalue weighted by Gasteiger charge is 2.24. The number of nitro groups is 1. The minimum atomic E-state index is -0.887. The Morgan fingerprint density at radius 1 is 1.36 bits per heavy atom. The van der Waals surface area contributed by atoms with Crippen LogP contribution in [0.4, 0.5) is 5.69 Å². The van der Waals surface area contributed by atoms with E-state index in [2.05, 4.69) is 4.98 Å². The molecule has 1 heterocycles. The second kappa shape index (κ2) is 6.34. The maximum atomic E-state index is 12.6. The average Bonchev–Trinajstić information content (AvgIpc) is 3.03. The van der Waals surface area contributed by atoms with E-state index in [9.17, 15) is 24.5 Å². The number of H-pyrrole nitrogens is 1. The molecular formula is C16H15N3O6. The number of ether oxygens (including phenoxy) is 1. The van der Waals surface area contributed by atoms with Crippen LogP contribution in [0.5, 0.6) is 0 Å². The molecule has 0 saturated carbocycles. The smallest absolute Gasteiger partial charge is 0.345 e. The number of fused-ring (bicyclic) bond motifs is 1. The van der Waals surface area contributed by atoms with Crippen LogP contribution in [0, 0.1) is 10.1 Å². The molecule has 1 N–H and O–H groups in total. The van der Waals surface area contributed by atoms with Crippen LogP contribution in [0.3, 0.4) is 0 Å². The van der Waals surface area contributed by atoms with E-state index >= 15 is 0 Å². The van der Waals surface area contributed by atoms with Crippen molar-refractivity contribution in [2.45, 2.75) is 26.2 Å². The molecule has 0 saturated heterocycles. The zero-order valence-corrected chi connectivity index (χ0v) is 13.4. The molecular weight excluding hydrogens is 330 g/mol. The van der Waals surface area contributed by atoms with E-state index in [4.69, 9.17) is 4.74 Å². The first-order valence-electron chi connectivity index (χ1n) is 7.77. The van der Waals surface area contributed by atoms with E-state index in [0.29, 0.717) is 24.1 Å². The first kappa shape index (κ1) is 16.6. The van der Waals surface area contributed by atoms with Gasteiger partial charge in [0.25, 0.3) is 11.2 Å². The van der Waals surface area contributed by atoms with Crippen LogP contribution in [0.1, 0.15) is 35.0 Å². The second-order valence-corrected chi connectivity index (χ2v) is 5.56. The summed E-state index contributed by atoms with van der Waals surface area (Å²) in [6.45, 7) is 1.61. The van der Waals surface area contributed by atoms with Crippen LogP contribution in [-0.4, -0.2) is 27.1 Å². The second-order valence-electron chi connectivity index (χ2n) is 5.56. The molecule has 0 radical (unpaired) electrons. The highest BCUT2D eigenvalue weighted by Crippen LogP contribution is 2.23. The van der Waals surface area contributed by atoms with Crippen molar-refractivity contribution in [3.63, 3.8) is 0 Å². The molecule has 25 heavy (non-hydrogen) atoms. The summed E-state index contributed by atoms with van der Waals surface area (Å²) >= 11 is 0. The predicted octanol–water partition coefficient (Wildman–Crippen LogP) is 1.10. The van der Waals surface area contributed by atoms with Crippen molar-refractivity contribution in [1.82, 2.24) is 9.55 Å². The highest BCUT2D eigenvalue weighted by molar-refractivity contribution is 5.94. The van der Waals surface area contributed by atoms with Gasteiger partial charge < -0.3 is 9.72 Å². The third-order valence-corrected chi connectivity index (χ3v) is 4.07. The molecule has 9 nitrogen and oxygen atoms in total. The quantitative estimate of drug-likeness (QED) is 0.502. The predicted molar refractivity (Wildman–Crippen MR) is 87.3 cm³/mol. The molecule has 1 aromatic carbocycles. The zero-order valence-electron chi connectivity index (χ0n) is 13.4. The monoisotopic (exact) mass is 345 g/mol. The van der Waals surface area contributed by atoms with Gasteiger partial charge in [-0.15, -0.1) is 0 Å². The Balaban J connectivity index is 2.21. The fourth-order valence-corrected chi connectivity index (χ4v) is 2.96. The molecule has 1 aliphatic carbocycles. The summed E-state index contributed by atoms with van der Waals surface area (Å²) in [5.74, 6) is -0.887. The topological polar surface area (TPSA) is 124 Å². The minimum absolute atomic E-state index is 0.0413. The van der Waals surface area contributed by atoms with E-state index in [0.717, 1.165) is 23.1 Å². The molecule has 1 aliphatic rings. The lowest BCUT2D eigenvalue weighted by atomic mass is 10.1. The first-order valence-corrected chi connectivity index (χ1v) is 7.77. The van der Waals surface area contributed by atoms with Gasteiger partial charge in [0.15, 0.2) is 0 Å². The van der Waals surface area contributed by atoms with Gasteiger partial charge >= 0.3 is 11.7 Å². The summed E-state index contributed by atoms with van der Waals surface area (Å²) in [5.41, 5.74) is -0.651. The first-order chi connectivity index (χ1) is 11.9. The van der Waals surface area contributed by atoms with Gasteiger partial charge in [-0.05, 0) is 38.3 Å². The van der Waals surface area contributed by atoms with Crippen molar-refractivity contribution in [3.8, 4) is 5.69 Å². The Morgan fingerprint density at radius 3 is 2.80 bits per heavy atom. The van der Waals surface area contributed by atoms with E-state index < -0.39 is 27.8 Å². The van der Waals surface area contributed by atoms with Gasteiger partial charge in [0.2, 0.25) is 0 Å². The van der Waals surface area contributed by atoms with Gasteiger partial charge in [-0.25, -0.2) is 14.2 Å². The summed E-state index contributed by atoms with van der Waals surface area (Å²) in [6, 6.07) is 3.48. The van der Waals surface area contributed by atoms with Crippen LogP contribution in [0.2, 0.25) is 0 Å². The number of aromatic amines is 1. The largest absolute Gasteiger partial charge is 0.462 e. The molecule has 0 aliphatic heterocycles.